The van der Waals surface area contributed by atoms with E-state index in [9.17, 15) is 4.39 Å². The molecule has 0 fully saturated rings. The largest absolute Gasteiger partial charge is 0.493 e. The van der Waals surface area contributed by atoms with E-state index >= 15 is 0 Å². The lowest BCUT2D eigenvalue weighted by atomic mass is 10.2. The Labute approximate surface area is 119 Å². The molecule has 0 saturated heterocycles. The molecule has 20 heavy (non-hydrogen) atoms. The highest BCUT2D eigenvalue weighted by molar-refractivity contribution is 7.14. The topological polar surface area (TPSA) is 81.8 Å². The zero-order valence-corrected chi connectivity index (χ0v) is 11.7. The molecule has 0 aliphatic heterocycles. The molecular weight excluding hydrogens is 283 g/mol. The molecule has 2 aromatic rings. The summed E-state index contributed by atoms with van der Waals surface area (Å²) in [5.74, 6) is 0.259. The molecule has 0 amide bonds. The lowest BCUT2D eigenvalue weighted by molar-refractivity contribution is 0.337. The first kappa shape index (κ1) is 14.1. The van der Waals surface area contributed by atoms with Gasteiger partial charge in [0.05, 0.1) is 20.4 Å². The fraction of sp³-hybridized carbons (Fsp3) is 0.167. The Morgan fingerprint density at radius 3 is 2.80 bits per heavy atom. The fourth-order valence-corrected chi connectivity index (χ4v) is 2.06. The SMILES string of the molecule is COc1cc(C=NNc2nc(N)cs2)cc(F)c1OC. The highest BCUT2D eigenvalue weighted by Crippen LogP contribution is 2.30. The van der Waals surface area contributed by atoms with Crippen LogP contribution in [0, 0.1) is 5.82 Å². The molecule has 106 valence electrons. The maximum absolute atomic E-state index is 13.7. The highest BCUT2D eigenvalue weighted by Gasteiger charge is 2.11. The fourth-order valence-electron chi connectivity index (χ4n) is 1.51. The molecule has 2 rings (SSSR count). The van der Waals surface area contributed by atoms with E-state index < -0.39 is 5.82 Å². The summed E-state index contributed by atoms with van der Waals surface area (Å²) in [6.45, 7) is 0. The minimum absolute atomic E-state index is 0.0605. The van der Waals surface area contributed by atoms with Gasteiger partial charge >= 0.3 is 0 Å². The first-order valence-electron chi connectivity index (χ1n) is 5.55. The van der Waals surface area contributed by atoms with Gasteiger partial charge in [0.15, 0.2) is 17.3 Å². The van der Waals surface area contributed by atoms with Crippen molar-refractivity contribution in [3.63, 3.8) is 0 Å². The maximum atomic E-state index is 13.7. The van der Waals surface area contributed by atoms with E-state index in [2.05, 4.69) is 15.5 Å². The van der Waals surface area contributed by atoms with Crippen molar-refractivity contribution in [1.82, 2.24) is 4.98 Å². The molecule has 0 aliphatic rings. The van der Waals surface area contributed by atoms with Crippen LogP contribution in [-0.4, -0.2) is 25.4 Å². The minimum Gasteiger partial charge on any atom is -0.493 e. The third-order valence-corrected chi connectivity index (χ3v) is 3.12. The second kappa shape index (κ2) is 6.20. The van der Waals surface area contributed by atoms with E-state index in [1.807, 2.05) is 0 Å². The van der Waals surface area contributed by atoms with Crippen molar-refractivity contribution in [3.05, 3.63) is 28.9 Å². The quantitative estimate of drug-likeness (QED) is 0.653. The average Bonchev–Trinajstić information content (AvgIpc) is 2.83. The van der Waals surface area contributed by atoms with Crippen molar-refractivity contribution >= 4 is 28.5 Å². The van der Waals surface area contributed by atoms with Gasteiger partial charge in [-0.25, -0.2) is 9.37 Å². The zero-order valence-electron chi connectivity index (χ0n) is 10.9. The number of rotatable bonds is 5. The highest BCUT2D eigenvalue weighted by atomic mass is 32.1. The molecule has 0 aliphatic carbocycles. The van der Waals surface area contributed by atoms with Crippen LogP contribution in [0.1, 0.15) is 5.56 Å². The maximum Gasteiger partial charge on any atom is 0.205 e. The molecule has 1 heterocycles. The van der Waals surface area contributed by atoms with Gasteiger partial charge in [-0.3, -0.25) is 5.43 Å². The third kappa shape index (κ3) is 3.15. The average molecular weight is 296 g/mol. The van der Waals surface area contributed by atoms with E-state index in [4.69, 9.17) is 15.2 Å². The summed E-state index contributed by atoms with van der Waals surface area (Å²) < 4.78 is 23.7. The first-order chi connectivity index (χ1) is 9.63. The van der Waals surface area contributed by atoms with Crippen LogP contribution in [0.5, 0.6) is 11.5 Å². The Bertz CT molecular complexity index is 630. The van der Waals surface area contributed by atoms with Crippen LogP contribution in [0.4, 0.5) is 15.3 Å². The van der Waals surface area contributed by atoms with Crippen LogP contribution in [-0.2, 0) is 0 Å². The van der Waals surface area contributed by atoms with Crippen molar-refractivity contribution in [2.24, 2.45) is 5.10 Å². The van der Waals surface area contributed by atoms with Crippen LogP contribution < -0.4 is 20.6 Å². The van der Waals surface area contributed by atoms with Crippen molar-refractivity contribution in [3.8, 4) is 11.5 Å². The number of nitrogens with two attached hydrogens (primary N) is 1. The number of benzene rings is 1. The molecule has 0 radical (unpaired) electrons. The standard InChI is InChI=1S/C12H13FN4O2S/c1-18-9-4-7(3-8(13)11(9)19-2)5-15-17-12-16-10(14)6-20-12/h3-6H,14H2,1-2H3,(H,16,17). The number of ether oxygens (including phenoxy) is 2. The predicted molar refractivity (Wildman–Crippen MR) is 77.2 cm³/mol. The van der Waals surface area contributed by atoms with Gasteiger partial charge in [0.25, 0.3) is 0 Å². The van der Waals surface area contributed by atoms with Crippen molar-refractivity contribution in [1.29, 1.82) is 0 Å². The molecule has 0 atom stereocenters. The molecule has 1 aromatic heterocycles. The number of nitrogen functional groups attached to an aromatic ring is 1. The zero-order chi connectivity index (χ0) is 14.5. The third-order valence-electron chi connectivity index (χ3n) is 2.35. The van der Waals surface area contributed by atoms with Gasteiger partial charge in [0, 0.05) is 10.9 Å². The summed E-state index contributed by atoms with van der Waals surface area (Å²) in [5, 5.41) is 6.20. The van der Waals surface area contributed by atoms with Gasteiger partial charge in [0.1, 0.15) is 5.82 Å². The Hall–Kier alpha value is -2.35. The molecule has 0 unspecified atom stereocenters. The lowest BCUT2D eigenvalue weighted by Crippen LogP contribution is -1.97. The number of nitrogens with zero attached hydrogens (tertiary/aromatic N) is 2. The van der Waals surface area contributed by atoms with Crippen molar-refractivity contribution < 1.29 is 13.9 Å². The second-order valence-corrected chi connectivity index (χ2v) is 4.54. The van der Waals surface area contributed by atoms with Crippen LogP contribution in [0.15, 0.2) is 22.6 Å². The second-order valence-electron chi connectivity index (χ2n) is 3.69. The predicted octanol–water partition coefficient (Wildman–Crippen LogP) is 2.33. The van der Waals surface area contributed by atoms with Gasteiger partial charge in [-0.15, -0.1) is 11.3 Å². The number of aromatic nitrogens is 1. The molecule has 3 N–H and O–H groups in total. The number of hydrogen-bond donors (Lipinski definition) is 2. The Balaban J connectivity index is 2.15. The summed E-state index contributed by atoms with van der Waals surface area (Å²) in [6, 6.07) is 2.91. The van der Waals surface area contributed by atoms with Gasteiger partial charge in [-0.1, -0.05) is 0 Å². The van der Waals surface area contributed by atoms with E-state index in [-0.39, 0.29) is 5.75 Å². The normalized spacial score (nSPS) is 10.8. The molecule has 1 aromatic carbocycles. The van der Waals surface area contributed by atoms with Crippen LogP contribution in [0.2, 0.25) is 0 Å². The number of anilines is 2. The van der Waals surface area contributed by atoms with E-state index in [0.717, 1.165) is 0 Å². The van der Waals surface area contributed by atoms with Gasteiger partial charge < -0.3 is 15.2 Å². The summed E-state index contributed by atoms with van der Waals surface area (Å²) >= 11 is 1.32. The van der Waals surface area contributed by atoms with Crippen molar-refractivity contribution in [2.75, 3.05) is 25.4 Å². The number of methoxy groups -OCH3 is 2. The summed E-state index contributed by atoms with van der Waals surface area (Å²) in [4.78, 5) is 3.97. The molecule has 0 saturated carbocycles. The number of hydrazone groups is 1. The monoisotopic (exact) mass is 296 g/mol. The van der Waals surface area contributed by atoms with Gasteiger partial charge in [0.2, 0.25) is 5.13 Å². The summed E-state index contributed by atoms with van der Waals surface area (Å²) in [6.07, 6.45) is 1.45. The van der Waals surface area contributed by atoms with Crippen LogP contribution >= 0.6 is 11.3 Å². The molecule has 0 spiro atoms. The molecule has 6 nitrogen and oxygen atoms in total. The smallest absolute Gasteiger partial charge is 0.205 e. The number of thiazole rings is 1. The van der Waals surface area contributed by atoms with Crippen molar-refractivity contribution in [2.45, 2.75) is 0 Å². The van der Waals surface area contributed by atoms with Gasteiger partial charge in [-0.2, -0.15) is 5.10 Å². The number of halogens is 1. The lowest BCUT2D eigenvalue weighted by Gasteiger charge is -2.08. The van der Waals surface area contributed by atoms with Crippen LogP contribution in [0.25, 0.3) is 0 Å². The molecular formula is C12H13FN4O2S. The molecule has 8 heteroatoms. The number of nitrogens with one attached hydrogen (secondary N) is 1. The molecule has 0 bridgehead atoms. The number of hydrogen-bond acceptors (Lipinski definition) is 7. The van der Waals surface area contributed by atoms with E-state index in [1.165, 1.54) is 37.8 Å². The van der Waals surface area contributed by atoms with E-state index in [0.29, 0.717) is 22.3 Å². The summed E-state index contributed by atoms with van der Waals surface area (Å²) in [7, 11) is 2.82. The first-order valence-corrected chi connectivity index (χ1v) is 6.43. The minimum atomic E-state index is -0.521. The van der Waals surface area contributed by atoms with Crippen LogP contribution in [0.3, 0.4) is 0 Å². The Morgan fingerprint density at radius 1 is 1.40 bits per heavy atom. The summed E-state index contributed by atoms with van der Waals surface area (Å²) in [5.41, 5.74) is 8.71. The van der Waals surface area contributed by atoms with E-state index in [1.54, 1.807) is 11.4 Å². The Kier molecular flexibility index (Phi) is 4.36. The van der Waals surface area contributed by atoms with Gasteiger partial charge in [-0.05, 0) is 12.1 Å². The Morgan fingerprint density at radius 2 is 2.20 bits per heavy atom.